The van der Waals surface area contributed by atoms with E-state index in [0.29, 0.717) is 10.0 Å². The van der Waals surface area contributed by atoms with Gasteiger partial charge >= 0.3 is 0 Å². The van der Waals surface area contributed by atoms with Gasteiger partial charge in [-0.25, -0.2) is 4.39 Å². The van der Waals surface area contributed by atoms with Crippen LogP contribution in [0.15, 0.2) is 40.9 Å². The Kier molecular flexibility index (Phi) is 5.44. The molecular weight excluding hydrogens is 364 g/mol. The Morgan fingerprint density at radius 2 is 1.90 bits per heavy atom. The van der Waals surface area contributed by atoms with E-state index in [0.717, 1.165) is 22.1 Å². The van der Waals surface area contributed by atoms with E-state index in [1.807, 2.05) is 13.0 Å². The lowest BCUT2D eigenvalue weighted by atomic mass is 9.98. The third-order valence-electron chi connectivity index (χ3n) is 2.95. The van der Waals surface area contributed by atoms with E-state index in [-0.39, 0.29) is 11.9 Å². The van der Waals surface area contributed by atoms with Crippen LogP contribution < -0.4 is 5.32 Å². The third-order valence-corrected chi connectivity index (χ3v) is 4.42. The molecule has 0 spiro atoms. The summed E-state index contributed by atoms with van der Waals surface area (Å²) in [5.41, 5.74) is 1.76. The van der Waals surface area contributed by atoms with Gasteiger partial charge in [-0.15, -0.1) is 0 Å². The second-order valence-electron chi connectivity index (χ2n) is 4.33. The minimum Gasteiger partial charge on any atom is -0.306 e. The molecule has 106 valence electrons. The minimum atomic E-state index is -0.272. The van der Waals surface area contributed by atoms with Crippen molar-refractivity contribution in [3.63, 3.8) is 0 Å². The number of hydrogen-bond acceptors (Lipinski definition) is 1. The Bertz CT molecular complexity index is 619. The summed E-state index contributed by atoms with van der Waals surface area (Å²) in [6.45, 7) is 2.74. The van der Waals surface area contributed by atoms with E-state index in [2.05, 4.69) is 21.2 Å². The molecule has 0 radical (unpaired) electrons. The maximum absolute atomic E-state index is 13.5. The first-order chi connectivity index (χ1) is 9.52. The topological polar surface area (TPSA) is 12.0 Å². The van der Waals surface area contributed by atoms with Gasteiger partial charge in [-0.1, -0.05) is 52.1 Å². The van der Waals surface area contributed by atoms with Gasteiger partial charge in [0.15, 0.2) is 0 Å². The van der Waals surface area contributed by atoms with Crippen LogP contribution in [0.3, 0.4) is 0 Å². The monoisotopic (exact) mass is 375 g/mol. The molecule has 2 rings (SSSR count). The average Bonchev–Trinajstić information content (AvgIpc) is 2.42. The molecule has 1 nitrogen and oxygen atoms in total. The van der Waals surface area contributed by atoms with Gasteiger partial charge in [0.2, 0.25) is 0 Å². The Morgan fingerprint density at radius 1 is 1.15 bits per heavy atom. The fraction of sp³-hybridized carbons (Fsp3) is 0.200. The molecule has 0 aliphatic carbocycles. The predicted octanol–water partition coefficient (Wildman–Crippen LogP) is 5.59. The van der Waals surface area contributed by atoms with Gasteiger partial charge < -0.3 is 5.32 Å². The van der Waals surface area contributed by atoms with Gasteiger partial charge in [-0.3, -0.25) is 0 Å². The first-order valence-electron chi connectivity index (χ1n) is 6.16. The van der Waals surface area contributed by atoms with Crippen LogP contribution in [-0.4, -0.2) is 6.54 Å². The van der Waals surface area contributed by atoms with Gasteiger partial charge in [0.1, 0.15) is 5.82 Å². The molecule has 0 saturated carbocycles. The van der Waals surface area contributed by atoms with Crippen molar-refractivity contribution in [2.75, 3.05) is 6.54 Å². The molecule has 0 aliphatic heterocycles. The van der Waals surface area contributed by atoms with Crippen molar-refractivity contribution in [2.45, 2.75) is 13.0 Å². The van der Waals surface area contributed by atoms with Crippen LogP contribution in [0.1, 0.15) is 24.1 Å². The summed E-state index contributed by atoms with van der Waals surface area (Å²) in [6, 6.07) is 9.92. The standard InChI is InChI=1S/C15H13BrCl2FN/c1-2-20-15(9-3-6-13(17)14(18)7-9)11-8-10(19)4-5-12(11)16/h3-8,15,20H,2H2,1H3. The van der Waals surface area contributed by atoms with Crippen LogP contribution in [0, 0.1) is 5.82 Å². The van der Waals surface area contributed by atoms with Crippen LogP contribution in [0.2, 0.25) is 10.0 Å². The van der Waals surface area contributed by atoms with E-state index in [1.165, 1.54) is 12.1 Å². The molecule has 0 aromatic heterocycles. The molecule has 2 aromatic carbocycles. The van der Waals surface area contributed by atoms with Crippen LogP contribution >= 0.6 is 39.1 Å². The second kappa shape index (κ2) is 6.90. The SMILES string of the molecule is CCNC(c1ccc(Cl)c(Cl)c1)c1cc(F)ccc1Br. The zero-order valence-corrected chi connectivity index (χ0v) is 13.9. The van der Waals surface area contributed by atoms with Crippen molar-refractivity contribution in [1.29, 1.82) is 0 Å². The summed E-state index contributed by atoms with van der Waals surface area (Å²) in [5.74, 6) is -0.272. The lowest BCUT2D eigenvalue weighted by Gasteiger charge is -2.21. The minimum absolute atomic E-state index is 0.153. The fourth-order valence-corrected chi connectivity index (χ4v) is 2.82. The molecule has 20 heavy (non-hydrogen) atoms. The summed E-state index contributed by atoms with van der Waals surface area (Å²) in [5, 5.41) is 4.32. The maximum atomic E-state index is 13.5. The summed E-state index contributed by atoms with van der Waals surface area (Å²) in [7, 11) is 0. The Labute approximate surface area is 136 Å². The maximum Gasteiger partial charge on any atom is 0.123 e. The molecule has 0 bridgehead atoms. The summed E-state index contributed by atoms with van der Waals surface area (Å²) < 4.78 is 14.4. The molecule has 0 fully saturated rings. The molecule has 2 aromatic rings. The highest BCUT2D eigenvalue weighted by atomic mass is 79.9. The van der Waals surface area contributed by atoms with Gasteiger partial charge in [-0.2, -0.15) is 0 Å². The van der Waals surface area contributed by atoms with Crippen LogP contribution in [0.4, 0.5) is 4.39 Å². The van der Waals surface area contributed by atoms with Crippen molar-refractivity contribution in [1.82, 2.24) is 5.32 Å². The highest BCUT2D eigenvalue weighted by molar-refractivity contribution is 9.10. The van der Waals surface area contributed by atoms with Crippen molar-refractivity contribution < 1.29 is 4.39 Å². The fourth-order valence-electron chi connectivity index (χ4n) is 2.04. The number of nitrogens with one attached hydrogen (secondary N) is 1. The summed E-state index contributed by atoms with van der Waals surface area (Å²) in [6.07, 6.45) is 0. The molecular formula is C15H13BrCl2FN. The normalized spacial score (nSPS) is 12.4. The van der Waals surface area contributed by atoms with Crippen LogP contribution in [-0.2, 0) is 0 Å². The molecule has 0 amide bonds. The van der Waals surface area contributed by atoms with E-state index < -0.39 is 0 Å². The Balaban J connectivity index is 2.49. The molecule has 5 heteroatoms. The smallest absolute Gasteiger partial charge is 0.123 e. The first-order valence-corrected chi connectivity index (χ1v) is 7.71. The molecule has 1 N–H and O–H groups in total. The quantitative estimate of drug-likeness (QED) is 0.732. The largest absolute Gasteiger partial charge is 0.306 e. The molecule has 1 atom stereocenters. The molecule has 0 saturated heterocycles. The van der Waals surface area contributed by atoms with Crippen molar-refractivity contribution >= 4 is 39.1 Å². The third kappa shape index (κ3) is 3.53. The number of halogens is 4. The van der Waals surface area contributed by atoms with Gasteiger partial charge in [-0.05, 0) is 48.0 Å². The Hall–Kier alpha value is -0.610. The summed E-state index contributed by atoms with van der Waals surface area (Å²) in [4.78, 5) is 0. The Morgan fingerprint density at radius 3 is 2.55 bits per heavy atom. The van der Waals surface area contributed by atoms with Gasteiger partial charge in [0.25, 0.3) is 0 Å². The van der Waals surface area contributed by atoms with Crippen molar-refractivity contribution in [3.8, 4) is 0 Å². The second-order valence-corrected chi connectivity index (χ2v) is 6.00. The van der Waals surface area contributed by atoms with E-state index in [9.17, 15) is 4.39 Å². The number of benzene rings is 2. The molecule has 0 heterocycles. The van der Waals surface area contributed by atoms with Crippen LogP contribution in [0.5, 0.6) is 0 Å². The lowest BCUT2D eigenvalue weighted by Crippen LogP contribution is -2.22. The lowest BCUT2D eigenvalue weighted by molar-refractivity contribution is 0.601. The highest BCUT2D eigenvalue weighted by Gasteiger charge is 2.17. The number of rotatable bonds is 4. The van der Waals surface area contributed by atoms with E-state index in [4.69, 9.17) is 23.2 Å². The average molecular weight is 377 g/mol. The molecule has 0 aliphatic rings. The van der Waals surface area contributed by atoms with Crippen LogP contribution in [0.25, 0.3) is 0 Å². The van der Waals surface area contributed by atoms with Crippen molar-refractivity contribution in [3.05, 3.63) is 67.9 Å². The van der Waals surface area contributed by atoms with E-state index in [1.54, 1.807) is 18.2 Å². The zero-order valence-electron chi connectivity index (χ0n) is 10.8. The zero-order chi connectivity index (χ0) is 14.7. The van der Waals surface area contributed by atoms with Crippen molar-refractivity contribution in [2.24, 2.45) is 0 Å². The van der Waals surface area contributed by atoms with E-state index >= 15 is 0 Å². The summed E-state index contributed by atoms with van der Waals surface area (Å²) >= 11 is 15.5. The number of hydrogen-bond donors (Lipinski definition) is 1. The van der Waals surface area contributed by atoms with Gasteiger partial charge in [0.05, 0.1) is 16.1 Å². The first kappa shape index (κ1) is 15.8. The highest BCUT2D eigenvalue weighted by Crippen LogP contribution is 2.32. The van der Waals surface area contributed by atoms with Gasteiger partial charge in [0, 0.05) is 4.47 Å². The molecule has 1 unspecified atom stereocenters. The predicted molar refractivity (Wildman–Crippen MR) is 86.1 cm³/mol.